The second kappa shape index (κ2) is 2.33. The standard InChI is InChI=1S/C5H10N2O2/c6-5(7)3-1-4(8)9-2-3/h3-4,8H,1-2H2,(H3,6,7). The first-order chi connectivity index (χ1) is 4.20. The molecule has 1 saturated heterocycles. The van der Waals surface area contributed by atoms with Crippen molar-refractivity contribution in [1.29, 1.82) is 5.41 Å². The van der Waals surface area contributed by atoms with Crippen LogP contribution in [-0.4, -0.2) is 23.8 Å². The molecular weight excluding hydrogens is 120 g/mol. The van der Waals surface area contributed by atoms with Gasteiger partial charge in [0.1, 0.15) is 0 Å². The molecule has 0 spiro atoms. The fourth-order valence-electron chi connectivity index (χ4n) is 0.823. The summed E-state index contributed by atoms with van der Waals surface area (Å²) >= 11 is 0. The van der Waals surface area contributed by atoms with E-state index >= 15 is 0 Å². The highest BCUT2D eigenvalue weighted by molar-refractivity contribution is 5.79. The highest BCUT2D eigenvalue weighted by atomic mass is 16.6. The Morgan fingerprint density at radius 1 is 1.78 bits per heavy atom. The Balaban J connectivity index is 2.39. The van der Waals surface area contributed by atoms with Crippen LogP contribution in [0.15, 0.2) is 0 Å². The molecular formula is C5H10N2O2. The van der Waals surface area contributed by atoms with Crippen LogP contribution in [0.3, 0.4) is 0 Å². The SMILES string of the molecule is N=C(N)C1COC(O)C1. The summed E-state index contributed by atoms with van der Waals surface area (Å²) in [7, 11) is 0. The van der Waals surface area contributed by atoms with Crippen molar-refractivity contribution in [2.24, 2.45) is 11.7 Å². The van der Waals surface area contributed by atoms with Crippen molar-refractivity contribution >= 4 is 5.84 Å². The highest BCUT2D eigenvalue weighted by Gasteiger charge is 2.25. The first-order valence-corrected chi connectivity index (χ1v) is 2.83. The lowest BCUT2D eigenvalue weighted by Gasteiger charge is -2.01. The Hall–Kier alpha value is -0.610. The molecule has 0 bridgehead atoms. The second-order valence-corrected chi connectivity index (χ2v) is 2.18. The molecule has 52 valence electrons. The third kappa shape index (κ3) is 1.40. The molecule has 4 heteroatoms. The fourth-order valence-corrected chi connectivity index (χ4v) is 0.823. The van der Waals surface area contributed by atoms with E-state index in [1.807, 2.05) is 0 Å². The topological polar surface area (TPSA) is 79.3 Å². The minimum atomic E-state index is -0.709. The van der Waals surface area contributed by atoms with Crippen LogP contribution < -0.4 is 5.73 Å². The van der Waals surface area contributed by atoms with E-state index in [0.29, 0.717) is 13.0 Å². The summed E-state index contributed by atoms with van der Waals surface area (Å²) < 4.78 is 4.76. The summed E-state index contributed by atoms with van der Waals surface area (Å²) in [5.74, 6) is 0.0338. The van der Waals surface area contributed by atoms with E-state index in [1.165, 1.54) is 0 Å². The summed E-state index contributed by atoms with van der Waals surface area (Å²) in [5.41, 5.74) is 5.15. The summed E-state index contributed by atoms with van der Waals surface area (Å²) in [6, 6.07) is 0. The van der Waals surface area contributed by atoms with Gasteiger partial charge in [-0.05, 0) is 0 Å². The van der Waals surface area contributed by atoms with Crippen LogP contribution >= 0.6 is 0 Å². The zero-order valence-corrected chi connectivity index (χ0v) is 5.00. The van der Waals surface area contributed by atoms with Gasteiger partial charge in [-0.2, -0.15) is 0 Å². The molecule has 0 aromatic heterocycles. The molecule has 0 amide bonds. The van der Waals surface area contributed by atoms with Crippen LogP contribution in [0.5, 0.6) is 0 Å². The van der Waals surface area contributed by atoms with E-state index < -0.39 is 6.29 Å². The van der Waals surface area contributed by atoms with Crippen LogP contribution in [0.25, 0.3) is 0 Å². The molecule has 0 radical (unpaired) electrons. The predicted octanol–water partition coefficient (Wildman–Crippen LogP) is -0.723. The van der Waals surface area contributed by atoms with Crippen molar-refractivity contribution in [1.82, 2.24) is 0 Å². The van der Waals surface area contributed by atoms with Crippen LogP contribution in [0.1, 0.15) is 6.42 Å². The normalized spacial score (nSPS) is 34.8. The number of hydrogen-bond donors (Lipinski definition) is 3. The van der Waals surface area contributed by atoms with Gasteiger partial charge in [-0.15, -0.1) is 0 Å². The molecule has 0 aromatic carbocycles. The number of aliphatic hydroxyl groups excluding tert-OH is 1. The molecule has 1 aliphatic heterocycles. The second-order valence-electron chi connectivity index (χ2n) is 2.18. The molecule has 1 aliphatic rings. The van der Waals surface area contributed by atoms with Gasteiger partial charge in [0, 0.05) is 12.3 Å². The molecule has 4 N–H and O–H groups in total. The number of nitrogens with two attached hydrogens (primary N) is 1. The summed E-state index contributed by atoms with van der Waals surface area (Å²) in [6.07, 6.45) is -0.242. The zero-order valence-electron chi connectivity index (χ0n) is 5.00. The van der Waals surface area contributed by atoms with Crippen LogP contribution in [0, 0.1) is 11.3 Å². The van der Waals surface area contributed by atoms with Gasteiger partial charge in [0.25, 0.3) is 0 Å². The van der Waals surface area contributed by atoms with Gasteiger partial charge < -0.3 is 15.6 Å². The predicted molar refractivity (Wildman–Crippen MR) is 32.0 cm³/mol. The summed E-state index contributed by atoms with van der Waals surface area (Å²) in [4.78, 5) is 0. The maximum atomic E-state index is 8.77. The van der Waals surface area contributed by atoms with E-state index in [4.69, 9.17) is 21.0 Å². The smallest absolute Gasteiger partial charge is 0.155 e. The number of ether oxygens (including phenoxy) is 1. The van der Waals surface area contributed by atoms with E-state index in [0.717, 1.165) is 0 Å². The van der Waals surface area contributed by atoms with E-state index in [1.54, 1.807) is 0 Å². The summed E-state index contributed by atoms with van der Waals surface area (Å²) in [6.45, 7) is 0.385. The van der Waals surface area contributed by atoms with Crippen molar-refractivity contribution in [2.75, 3.05) is 6.61 Å². The van der Waals surface area contributed by atoms with Gasteiger partial charge in [0.05, 0.1) is 12.4 Å². The molecule has 2 atom stereocenters. The molecule has 0 aliphatic carbocycles. The Bertz CT molecular complexity index is 126. The van der Waals surface area contributed by atoms with Crippen molar-refractivity contribution in [3.63, 3.8) is 0 Å². The average Bonchev–Trinajstić information content (AvgIpc) is 2.14. The molecule has 1 fully saturated rings. The Labute approximate surface area is 53.1 Å². The van der Waals surface area contributed by atoms with E-state index in [9.17, 15) is 0 Å². The number of aliphatic hydroxyl groups is 1. The highest BCUT2D eigenvalue weighted by Crippen LogP contribution is 2.16. The summed E-state index contributed by atoms with van der Waals surface area (Å²) in [5, 5.41) is 15.7. The molecule has 0 saturated carbocycles. The van der Waals surface area contributed by atoms with Gasteiger partial charge in [-0.1, -0.05) is 0 Å². The zero-order chi connectivity index (χ0) is 6.85. The maximum absolute atomic E-state index is 8.77. The lowest BCUT2D eigenvalue weighted by molar-refractivity contribution is -0.0590. The maximum Gasteiger partial charge on any atom is 0.155 e. The molecule has 1 rings (SSSR count). The van der Waals surface area contributed by atoms with Crippen molar-refractivity contribution in [3.8, 4) is 0 Å². The van der Waals surface area contributed by atoms with Gasteiger partial charge in [-0.25, -0.2) is 0 Å². The minimum absolute atomic E-state index is 0.0694. The first kappa shape index (κ1) is 6.51. The van der Waals surface area contributed by atoms with Gasteiger partial charge in [0.15, 0.2) is 6.29 Å². The molecule has 4 nitrogen and oxygen atoms in total. The number of hydrogen-bond acceptors (Lipinski definition) is 3. The average molecular weight is 130 g/mol. The van der Waals surface area contributed by atoms with Crippen LogP contribution in [0.2, 0.25) is 0 Å². The first-order valence-electron chi connectivity index (χ1n) is 2.83. The molecule has 2 unspecified atom stereocenters. The third-order valence-corrected chi connectivity index (χ3v) is 1.42. The van der Waals surface area contributed by atoms with Crippen LogP contribution in [-0.2, 0) is 4.74 Å². The van der Waals surface area contributed by atoms with Gasteiger partial charge in [0.2, 0.25) is 0 Å². The lowest BCUT2D eigenvalue weighted by atomic mass is 10.1. The Kier molecular flexibility index (Phi) is 1.68. The Morgan fingerprint density at radius 3 is 2.67 bits per heavy atom. The van der Waals surface area contributed by atoms with E-state index in [2.05, 4.69) is 0 Å². The number of amidine groups is 1. The Morgan fingerprint density at radius 2 is 2.44 bits per heavy atom. The van der Waals surface area contributed by atoms with Gasteiger partial charge >= 0.3 is 0 Å². The largest absolute Gasteiger partial charge is 0.387 e. The molecule has 1 heterocycles. The third-order valence-electron chi connectivity index (χ3n) is 1.42. The fraction of sp³-hybridized carbons (Fsp3) is 0.800. The van der Waals surface area contributed by atoms with Crippen LogP contribution in [0.4, 0.5) is 0 Å². The van der Waals surface area contributed by atoms with Gasteiger partial charge in [-0.3, -0.25) is 5.41 Å². The van der Waals surface area contributed by atoms with Crippen molar-refractivity contribution in [2.45, 2.75) is 12.7 Å². The minimum Gasteiger partial charge on any atom is -0.387 e. The number of nitrogens with one attached hydrogen (secondary N) is 1. The van der Waals surface area contributed by atoms with Crippen molar-refractivity contribution in [3.05, 3.63) is 0 Å². The van der Waals surface area contributed by atoms with E-state index in [-0.39, 0.29) is 11.8 Å². The van der Waals surface area contributed by atoms with Crippen molar-refractivity contribution < 1.29 is 9.84 Å². The molecule has 9 heavy (non-hydrogen) atoms. The number of rotatable bonds is 1. The lowest BCUT2D eigenvalue weighted by Crippen LogP contribution is -2.22. The monoisotopic (exact) mass is 130 g/mol. The molecule has 0 aromatic rings. The quantitative estimate of drug-likeness (QED) is 0.323.